The van der Waals surface area contributed by atoms with E-state index in [-0.39, 0.29) is 17.8 Å². The van der Waals surface area contributed by atoms with Crippen LogP contribution in [0.5, 0.6) is 0 Å². The molecule has 0 aromatic heterocycles. The SMILES string of the molecule is NC(CN1CC2CCC(C1)O2)c1cccc(F)c1F. The van der Waals surface area contributed by atoms with E-state index in [0.29, 0.717) is 6.54 Å². The molecule has 3 nitrogen and oxygen atoms in total. The number of hydrogen-bond donors (Lipinski definition) is 1. The van der Waals surface area contributed by atoms with E-state index in [9.17, 15) is 8.78 Å². The molecule has 2 heterocycles. The molecule has 5 heteroatoms. The molecule has 2 bridgehead atoms. The molecule has 3 rings (SSSR count). The number of likely N-dealkylation sites (tertiary alicyclic amines) is 1. The van der Waals surface area contributed by atoms with E-state index in [2.05, 4.69) is 4.90 Å². The summed E-state index contributed by atoms with van der Waals surface area (Å²) in [4.78, 5) is 2.20. The molecule has 1 aromatic rings. The number of morpholine rings is 1. The van der Waals surface area contributed by atoms with Gasteiger partial charge in [0.25, 0.3) is 0 Å². The molecule has 19 heavy (non-hydrogen) atoms. The third kappa shape index (κ3) is 2.63. The number of fused-ring (bicyclic) bond motifs is 2. The molecular formula is C14H18F2N2O. The molecule has 1 aromatic carbocycles. The number of ether oxygens (including phenoxy) is 1. The van der Waals surface area contributed by atoms with E-state index in [1.165, 1.54) is 6.07 Å². The summed E-state index contributed by atoms with van der Waals surface area (Å²) in [6.45, 7) is 2.21. The smallest absolute Gasteiger partial charge is 0.163 e. The first kappa shape index (κ1) is 13.0. The van der Waals surface area contributed by atoms with Crippen molar-refractivity contribution in [2.24, 2.45) is 5.73 Å². The van der Waals surface area contributed by atoms with E-state index in [1.807, 2.05) is 0 Å². The third-order valence-corrected chi connectivity index (χ3v) is 3.96. The summed E-state index contributed by atoms with van der Waals surface area (Å²) in [6.07, 6.45) is 2.74. The highest BCUT2D eigenvalue weighted by Gasteiger charge is 2.34. The van der Waals surface area contributed by atoms with Crippen molar-refractivity contribution in [3.05, 3.63) is 35.4 Å². The summed E-state index contributed by atoms with van der Waals surface area (Å²) < 4.78 is 32.6. The second kappa shape index (κ2) is 5.15. The second-order valence-corrected chi connectivity index (χ2v) is 5.43. The number of nitrogens with two attached hydrogens (primary N) is 1. The average Bonchev–Trinajstić information content (AvgIpc) is 2.72. The van der Waals surface area contributed by atoms with Gasteiger partial charge in [0.2, 0.25) is 0 Å². The minimum absolute atomic E-state index is 0.249. The minimum atomic E-state index is -0.838. The summed E-state index contributed by atoms with van der Waals surface area (Å²) in [5, 5.41) is 0. The van der Waals surface area contributed by atoms with Crippen molar-refractivity contribution in [2.75, 3.05) is 19.6 Å². The number of halogens is 2. The van der Waals surface area contributed by atoms with Gasteiger partial charge < -0.3 is 10.5 Å². The molecule has 0 saturated carbocycles. The van der Waals surface area contributed by atoms with Gasteiger partial charge in [-0.3, -0.25) is 4.90 Å². The molecule has 104 valence electrons. The number of nitrogens with zero attached hydrogens (tertiary/aromatic N) is 1. The van der Waals surface area contributed by atoms with Crippen LogP contribution in [0.3, 0.4) is 0 Å². The van der Waals surface area contributed by atoms with Crippen LogP contribution in [0.15, 0.2) is 18.2 Å². The third-order valence-electron chi connectivity index (χ3n) is 3.96. The van der Waals surface area contributed by atoms with Crippen LogP contribution in [0.25, 0.3) is 0 Å². The van der Waals surface area contributed by atoms with Crippen molar-refractivity contribution in [3.8, 4) is 0 Å². The Kier molecular flexibility index (Phi) is 3.52. The van der Waals surface area contributed by atoms with Crippen molar-refractivity contribution in [3.63, 3.8) is 0 Å². The van der Waals surface area contributed by atoms with Crippen LogP contribution >= 0.6 is 0 Å². The maximum absolute atomic E-state index is 13.7. The predicted molar refractivity (Wildman–Crippen MR) is 67.6 cm³/mol. The summed E-state index contributed by atoms with van der Waals surface area (Å²) in [6, 6.07) is 3.66. The van der Waals surface area contributed by atoms with E-state index >= 15 is 0 Å². The zero-order valence-electron chi connectivity index (χ0n) is 10.7. The predicted octanol–water partition coefficient (Wildman–Crippen LogP) is 1.83. The average molecular weight is 268 g/mol. The number of hydrogen-bond acceptors (Lipinski definition) is 3. The number of benzene rings is 1. The zero-order chi connectivity index (χ0) is 13.4. The van der Waals surface area contributed by atoms with Gasteiger partial charge >= 0.3 is 0 Å². The second-order valence-electron chi connectivity index (χ2n) is 5.43. The molecule has 3 unspecified atom stereocenters. The Morgan fingerprint density at radius 3 is 2.63 bits per heavy atom. The summed E-state index contributed by atoms with van der Waals surface area (Å²) >= 11 is 0. The monoisotopic (exact) mass is 268 g/mol. The standard InChI is InChI=1S/C14H18F2N2O/c15-12-3-1-2-11(14(12)16)13(17)8-18-6-9-4-5-10(7-18)19-9/h1-3,9-10,13H,4-8,17H2. The molecule has 0 amide bonds. The van der Waals surface area contributed by atoms with Gasteiger partial charge in [-0.2, -0.15) is 0 Å². The topological polar surface area (TPSA) is 38.5 Å². The van der Waals surface area contributed by atoms with E-state index < -0.39 is 17.7 Å². The van der Waals surface area contributed by atoms with Crippen LogP contribution in [0.4, 0.5) is 8.78 Å². The molecule has 0 radical (unpaired) electrons. The Balaban J connectivity index is 1.68. The maximum atomic E-state index is 13.7. The van der Waals surface area contributed by atoms with Gasteiger partial charge in [-0.1, -0.05) is 12.1 Å². The fraction of sp³-hybridized carbons (Fsp3) is 0.571. The van der Waals surface area contributed by atoms with Crippen molar-refractivity contribution in [1.29, 1.82) is 0 Å². The lowest BCUT2D eigenvalue weighted by molar-refractivity contribution is -0.0398. The highest BCUT2D eigenvalue weighted by atomic mass is 19.2. The van der Waals surface area contributed by atoms with E-state index in [4.69, 9.17) is 10.5 Å². The summed E-state index contributed by atoms with van der Waals surface area (Å²) in [5.41, 5.74) is 6.27. The van der Waals surface area contributed by atoms with Gasteiger partial charge in [0.05, 0.1) is 12.2 Å². The highest BCUT2D eigenvalue weighted by molar-refractivity contribution is 5.22. The van der Waals surface area contributed by atoms with Crippen LogP contribution < -0.4 is 5.73 Å². The molecule has 2 aliphatic heterocycles. The van der Waals surface area contributed by atoms with Gasteiger partial charge in [0.15, 0.2) is 11.6 Å². The largest absolute Gasteiger partial charge is 0.372 e. The molecular weight excluding hydrogens is 250 g/mol. The molecule has 2 fully saturated rings. The van der Waals surface area contributed by atoms with Crippen LogP contribution in [0.2, 0.25) is 0 Å². The van der Waals surface area contributed by atoms with Crippen molar-refractivity contribution < 1.29 is 13.5 Å². The van der Waals surface area contributed by atoms with Crippen LogP contribution in [0.1, 0.15) is 24.4 Å². The minimum Gasteiger partial charge on any atom is -0.372 e. The Morgan fingerprint density at radius 1 is 1.26 bits per heavy atom. The van der Waals surface area contributed by atoms with Gasteiger partial charge in [-0.25, -0.2) is 8.78 Å². The van der Waals surface area contributed by atoms with Crippen molar-refractivity contribution in [2.45, 2.75) is 31.1 Å². The first-order valence-corrected chi connectivity index (χ1v) is 6.71. The zero-order valence-corrected chi connectivity index (χ0v) is 10.7. The Hall–Kier alpha value is -1.04. The highest BCUT2D eigenvalue weighted by Crippen LogP contribution is 2.27. The first-order valence-electron chi connectivity index (χ1n) is 6.71. The first-order chi connectivity index (χ1) is 9.13. The van der Waals surface area contributed by atoms with Crippen LogP contribution in [0, 0.1) is 11.6 Å². The molecule has 2 aliphatic rings. The number of rotatable bonds is 3. The molecule has 3 atom stereocenters. The van der Waals surface area contributed by atoms with Crippen molar-refractivity contribution in [1.82, 2.24) is 4.90 Å². The lowest BCUT2D eigenvalue weighted by atomic mass is 10.1. The van der Waals surface area contributed by atoms with Gasteiger partial charge in [0, 0.05) is 31.2 Å². The molecule has 2 saturated heterocycles. The summed E-state index contributed by atoms with van der Waals surface area (Å²) in [5.74, 6) is -1.67. The molecule has 2 N–H and O–H groups in total. The quantitative estimate of drug-likeness (QED) is 0.909. The normalized spacial score (nSPS) is 28.6. The van der Waals surface area contributed by atoms with Crippen LogP contribution in [-0.2, 0) is 4.74 Å². The fourth-order valence-corrected chi connectivity index (χ4v) is 3.03. The van der Waals surface area contributed by atoms with E-state index in [0.717, 1.165) is 32.0 Å². The Labute approximate surface area is 111 Å². The Morgan fingerprint density at radius 2 is 1.95 bits per heavy atom. The maximum Gasteiger partial charge on any atom is 0.163 e. The Bertz CT molecular complexity index is 457. The van der Waals surface area contributed by atoms with Gasteiger partial charge in [-0.15, -0.1) is 0 Å². The van der Waals surface area contributed by atoms with Gasteiger partial charge in [-0.05, 0) is 18.9 Å². The molecule has 0 aliphatic carbocycles. The molecule has 0 spiro atoms. The summed E-state index contributed by atoms with van der Waals surface area (Å²) in [7, 11) is 0. The van der Waals surface area contributed by atoms with E-state index in [1.54, 1.807) is 6.07 Å². The van der Waals surface area contributed by atoms with Crippen LogP contribution in [-0.4, -0.2) is 36.7 Å². The lowest BCUT2D eigenvalue weighted by Crippen LogP contribution is -2.45. The lowest BCUT2D eigenvalue weighted by Gasteiger charge is -2.33. The van der Waals surface area contributed by atoms with Gasteiger partial charge in [0.1, 0.15) is 0 Å². The van der Waals surface area contributed by atoms with Crippen molar-refractivity contribution >= 4 is 0 Å². The fourth-order valence-electron chi connectivity index (χ4n) is 3.03.